The number of aromatic nitrogens is 2. The van der Waals surface area contributed by atoms with Gasteiger partial charge in [0.2, 0.25) is 0 Å². The van der Waals surface area contributed by atoms with Gasteiger partial charge in [0, 0.05) is 57.6 Å². The topological polar surface area (TPSA) is 33.1 Å². The van der Waals surface area contributed by atoms with Gasteiger partial charge in [0.25, 0.3) is 0 Å². The lowest BCUT2D eigenvalue weighted by Crippen LogP contribution is -2.46. The summed E-state index contributed by atoms with van der Waals surface area (Å²) in [7, 11) is 2.01. The first-order valence-corrected chi connectivity index (χ1v) is 7.30. The van der Waals surface area contributed by atoms with Crippen molar-refractivity contribution in [1.82, 2.24) is 20.0 Å². The third-order valence-electron chi connectivity index (χ3n) is 4.07. The lowest BCUT2D eigenvalue weighted by molar-refractivity contribution is 0.202. The van der Waals surface area contributed by atoms with Crippen molar-refractivity contribution in [2.45, 2.75) is 12.5 Å². The minimum absolute atomic E-state index is 0.455. The van der Waals surface area contributed by atoms with Crippen LogP contribution in [0, 0.1) is 0 Å². The van der Waals surface area contributed by atoms with Gasteiger partial charge in [0.15, 0.2) is 0 Å². The van der Waals surface area contributed by atoms with Gasteiger partial charge < -0.3 is 5.32 Å². The van der Waals surface area contributed by atoms with Crippen molar-refractivity contribution < 1.29 is 0 Å². The van der Waals surface area contributed by atoms with Crippen molar-refractivity contribution in [2.75, 3.05) is 26.2 Å². The number of rotatable bonds is 4. The van der Waals surface area contributed by atoms with Crippen LogP contribution in [0.5, 0.6) is 0 Å². The Hall–Kier alpha value is -1.65. The van der Waals surface area contributed by atoms with Crippen molar-refractivity contribution in [3.63, 3.8) is 0 Å². The van der Waals surface area contributed by atoms with E-state index in [0.29, 0.717) is 6.04 Å². The molecule has 1 aromatic heterocycles. The highest BCUT2D eigenvalue weighted by Crippen LogP contribution is 2.17. The molecule has 4 nitrogen and oxygen atoms in total. The SMILES string of the molecule is Cn1nccc1CCN1CCNC(c2ccccc2)C1. The summed E-state index contributed by atoms with van der Waals surface area (Å²) in [6, 6.07) is 13.3. The molecule has 20 heavy (non-hydrogen) atoms. The van der Waals surface area contributed by atoms with Gasteiger partial charge >= 0.3 is 0 Å². The zero-order chi connectivity index (χ0) is 13.8. The number of hydrogen-bond acceptors (Lipinski definition) is 3. The Labute approximate surface area is 120 Å². The van der Waals surface area contributed by atoms with Gasteiger partial charge in [-0.3, -0.25) is 9.58 Å². The molecular weight excluding hydrogens is 248 g/mol. The van der Waals surface area contributed by atoms with E-state index in [1.165, 1.54) is 11.3 Å². The van der Waals surface area contributed by atoms with Crippen LogP contribution >= 0.6 is 0 Å². The molecule has 1 aliphatic heterocycles. The van der Waals surface area contributed by atoms with E-state index in [1.54, 1.807) is 0 Å². The second-order valence-corrected chi connectivity index (χ2v) is 5.41. The molecule has 0 spiro atoms. The molecular formula is C16H22N4. The molecule has 1 saturated heterocycles. The molecule has 0 bridgehead atoms. The van der Waals surface area contributed by atoms with Crippen LogP contribution in [0.1, 0.15) is 17.3 Å². The predicted molar refractivity (Wildman–Crippen MR) is 80.5 cm³/mol. The molecule has 1 N–H and O–H groups in total. The molecule has 3 rings (SSSR count). The van der Waals surface area contributed by atoms with Crippen molar-refractivity contribution in [3.8, 4) is 0 Å². The van der Waals surface area contributed by atoms with Crippen LogP contribution in [0.4, 0.5) is 0 Å². The third-order valence-corrected chi connectivity index (χ3v) is 4.07. The average Bonchev–Trinajstić information content (AvgIpc) is 2.92. The van der Waals surface area contributed by atoms with E-state index in [-0.39, 0.29) is 0 Å². The second-order valence-electron chi connectivity index (χ2n) is 5.41. The fourth-order valence-electron chi connectivity index (χ4n) is 2.84. The largest absolute Gasteiger partial charge is 0.308 e. The van der Waals surface area contributed by atoms with Gasteiger partial charge in [-0.1, -0.05) is 30.3 Å². The molecule has 2 heterocycles. The smallest absolute Gasteiger partial charge is 0.0492 e. The molecule has 106 valence electrons. The fourth-order valence-corrected chi connectivity index (χ4v) is 2.84. The van der Waals surface area contributed by atoms with Gasteiger partial charge in [-0.25, -0.2) is 0 Å². The molecule has 1 aromatic carbocycles. The Morgan fingerprint density at radius 3 is 2.85 bits per heavy atom. The maximum atomic E-state index is 4.23. The summed E-state index contributed by atoms with van der Waals surface area (Å²) in [5, 5.41) is 7.84. The summed E-state index contributed by atoms with van der Waals surface area (Å²) < 4.78 is 1.97. The van der Waals surface area contributed by atoms with Crippen LogP contribution < -0.4 is 5.32 Å². The van der Waals surface area contributed by atoms with Crippen LogP contribution in [0.2, 0.25) is 0 Å². The summed E-state index contributed by atoms with van der Waals surface area (Å²) in [5.41, 5.74) is 2.69. The average molecular weight is 270 g/mol. The van der Waals surface area contributed by atoms with E-state index in [4.69, 9.17) is 0 Å². The van der Waals surface area contributed by atoms with E-state index < -0.39 is 0 Å². The number of hydrogen-bond donors (Lipinski definition) is 1. The highest BCUT2D eigenvalue weighted by molar-refractivity contribution is 5.19. The molecule has 0 amide bonds. The van der Waals surface area contributed by atoms with Gasteiger partial charge in [-0.05, 0) is 11.6 Å². The molecule has 0 saturated carbocycles. The van der Waals surface area contributed by atoms with E-state index in [1.807, 2.05) is 17.9 Å². The monoisotopic (exact) mass is 270 g/mol. The first-order valence-electron chi connectivity index (χ1n) is 7.30. The summed E-state index contributed by atoms with van der Waals surface area (Å²) in [4.78, 5) is 2.54. The lowest BCUT2D eigenvalue weighted by atomic mass is 10.0. The van der Waals surface area contributed by atoms with Crippen LogP contribution in [0.25, 0.3) is 0 Å². The number of benzene rings is 1. The molecule has 1 unspecified atom stereocenters. The molecule has 1 atom stereocenters. The zero-order valence-electron chi connectivity index (χ0n) is 12.0. The molecule has 0 radical (unpaired) electrons. The predicted octanol–water partition coefficient (Wildman–Crippen LogP) is 1.61. The van der Waals surface area contributed by atoms with Gasteiger partial charge in [-0.15, -0.1) is 0 Å². The normalized spacial score (nSPS) is 20.1. The van der Waals surface area contributed by atoms with E-state index in [9.17, 15) is 0 Å². The Morgan fingerprint density at radius 2 is 2.10 bits per heavy atom. The fraction of sp³-hybridized carbons (Fsp3) is 0.438. The van der Waals surface area contributed by atoms with Crippen molar-refractivity contribution in [3.05, 3.63) is 53.9 Å². The molecule has 2 aromatic rings. The highest BCUT2D eigenvalue weighted by Gasteiger charge is 2.20. The van der Waals surface area contributed by atoms with Gasteiger partial charge in [0.1, 0.15) is 0 Å². The van der Waals surface area contributed by atoms with Gasteiger partial charge in [0.05, 0.1) is 0 Å². The zero-order valence-corrected chi connectivity index (χ0v) is 12.0. The summed E-state index contributed by atoms with van der Waals surface area (Å²) in [6.07, 6.45) is 2.94. The standard InChI is InChI=1S/C16H22N4/c1-19-15(7-9-18-19)8-11-20-12-10-17-16(13-20)14-5-3-2-4-6-14/h2-7,9,16-17H,8,10-13H2,1H3. The Kier molecular flexibility index (Phi) is 4.14. The minimum Gasteiger partial charge on any atom is -0.308 e. The third kappa shape index (κ3) is 3.08. The lowest BCUT2D eigenvalue weighted by Gasteiger charge is -2.34. The van der Waals surface area contributed by atoms with Crippen molar-refractivity contribution in [2.24, 2.45) is 7.05 Å². The summed E-state index contributed by atoms with van der Waals surface area (Å²) >= 11 is 0. The van der Waals surface area contributed by atoms with Crippen LogP contribution in [0.3, 0.4) is 0 Å². The molecule has 4 heteroatoms. The summed E-state index contributed by atoms with van der Waals surface area (Å²) in [6.45, 7) is 4.37. The molecule has 1 fully saturated rings. The number of nitrogens with one attached hydrogen (secondary N) is 1. The first-order chi connectivity index (χ1) is 9.83. The summed E-state index contributed by atoms with van der Waals surface area (Å²) in [5.74, 6) is 0. The van der Waals surface area contributed by atoms with Gasteiger partial charge in [-0.2, -0.15) is 5.10 Å². The quantitative estimate of drug-likeness (QED) is 0.916. The van der Waals surface area contributed by atoms with Crippen LogP contribution in [-0.2, 0) is 13.5 Å². The van der Waals surface area contributed by atoms with Crippen molar-refractivity contribution in [1.29, 1.82) is 0 Å². The first kappa shape index (κ1) is 13.3. The maximum absolute atomic E-state index is 4.23. The van der Waals surface area contributed by atoms with Crippen LogP contribution in [0.15, 0.2) is 42.6 Å². The second kappa shape index (κ2) is 6.20. The molecule has 0 aliphatic carbocycles. The Morgan fingerprint density at radius 1 is 1.25 bits per heavy atom. The van der Waals surface area contributed by atoms with Crippen molar-refractivity contribution >= 4 is 0 Å². The van der Waals surface area contributed by atoms with E-state index in [2.05, 4.69) is 51.7 Å². The van der Waals surface area contributed by atoms with E-state index in [0.717, 1.165) is 32.6 Å². The number of nitrogens with zero attached hydrogens (tertiary/aromatic N) is 3. The Bertz CT molecular complexity index is 534. The number of aryl methyl sites for hydroxylation is 1. The highest BCUT2D eigenvalue weighted by atomic mass is 15.3. The number of piperazine rings is 1. The maximum Gasteiger partial charge on any atom is 0.0492 e. The molecule has 1 aliphatic rings. The minimum atomic E-state index is 0.455. The van der Waals surface area contributed by atoms with Crippen LogP contribution in [-0.4, -0.2) is 40.9 Å². The van der Waals surface area contributed by atoms with E-state index >= 15 is 0 Å². The Balaban J connectivity index is 1.57.